The molecule has 0 atom stereocenters. The van der Waals surface area contributed by atoms with Gasteiger partial charge in [0.2, 0.25) is 0 Å². The van der Waals surface area contributed by atoms with E-state index in [1.807, 2.05) is 32.3 Å². The minimum atomic E-state index is 0.0450. The zero-order valence-electron chi connectivity index (χ0n) is 8.60. The highest BCUT2D eigenvalue weighted by Crippen LogP contribution is 2.26. The monoisotopic (exact) mass is 214 g/mol. The highest BCUT2D eigenvalue weighted by atomic mass is 35.5. The lowest BCUT2D eigenvalue weighted by Gasteiger charge is -2.18. The summed E-state index contributed by atoms with van der Waals surface area (Å²) in [5.41, 5.74) is 1.00. The van der Waals surface area contributed by atoms with E-state index in [2.05, 4.69) is 10.6 Å². The molecule has 0 aromatic heterocycles. The summed E-state index contributed by atoms with van der Waals surface area (Å²) in [5.74, 6) is 0.822. The first-order valence-electron chi connectivity index (χ1n) is 4.41. The molecule has 0 amide bonds. The van der Waals surface area contributed by atoms with Gasteiger partial charge in [0.1, 0.15) is 5.75 Å². The quantitative estimate of drug-likeness (QED) is 0.750. The zero-order valence-corrected chi connectivity index (χ0v) is 9.35. The minimum Gasteiger partial charge on any atom is -0.496 e. The molecule has 1 aromatic rings. The van der Waals surface area contributed by atoms with E-state index < -0.39 is 0 Å². The van der Waals surface area contributed by atoms with E-state index in [0.29, 0.717) is 5.02 Å². The standard InChI is InChI=1S/C10H15ClN2O/c1-12-10(13-2)8-6-7(11)4-5-9(8)14-3/h4-6,10,12-13H,1-3H3. The molecule has 1 aromatic carbocycles. The van der Waals surface area contributed by atoms with Crippen molar-refractivity contribution in [2.45, 2.75) is 6.17 Å². The van der Waals surface area contributed by atoms with Crippen molar-refractivity contribution in [3.05, 3.63) is 28.8 Å². The summed E-state index contributed by atoms with van der Waals surface area (Å²) < 4.78 is 5.25. The molecule has 0 saturated heterocycles. The molecule has 0 aliphatic rings. The van der Waals surface area contributed by atoms with Gasteiger partial charge in [0, 0.05) is 10.6 Å². The number of hydrogen-bond donors (Lipinski definition) is 2. The van der Waals surface area contributed by atoms with E-state index in [-0.39, 0.29) is 6.17 Å². The minimum absolute atomic E-state index is 0.0450. The van der Waals surface area contributed by atoms with Crippen molar-refractivity contribution in [1.82, 2.24) is 10.6 Å². The molecule has 3 nitrogen and oxygen atoms in total. The third-order valence-electron chi connectivity index (χ3n) is 2.08. The van der Waals surface area contributed by atoms with Crippen molar-refractivity contribution in [3.63, 3.8) is 0 Å². The van der Waals surface area contributed by atoms with Crippen LogP contribution in [0.1, 0.15) is 11.7 Å². The van der Waals surface area contributed by atoms with Crippen LogP contribution in [0.4, 0.5) is 0 Å². The molecule has 0 saturated carbocycles. The molecule has 0 unspecified atom stereocenters. The molecule has 14 heavy (non-hydrogen) atoms. The summed E-state index contributed by atoms with van der Waals surface area (Å²) in [5, 5.41) is 6.95. The van der Waals surface area contributed by atoms with Gasteiger partial charge in [-0.25, -0.2) is 0 Å². The van der Waals surface area contributed by atoms with Crippen LogP contribution >= 0.6 is 11.6 Å². The van der Waals surface area contributed by atoms with Gasteiger partial charge in [0.25, 0.3) is 0 Å². The average Bonchev–Trinajstić information content (AvgIpc) is 2.20. The Labute approximate surface area is 89.4 Å². The molecule has 2 N–H and O–H groups in total. The number of hydrogen-bond acceptors (Lipinski definition) is 3. The number of methoxy groups -OCH3 is 1. The molecule has 0 bridgehead atoms. The second-order valence-corrected chi connectivity index (χ2v) is 3.33. The lowest BCUT2D eigenvalue weighted by Crippen LogP contribution is -2.29. The molecule has 0 heterocycles. The molecule has 0 aliphatic carbocycles. The van der Waals surface area contributed by atoms with Gasteiger partial charge in [-0.1, -0.05) is 11.6 Å². The van der Waals surface area contributed by atoms with Crippen molar-refractivity contribution >= 4 is 11.6 Å². The Morgan fingerprint density at radius 2 is 1.93 bits per heavy atom. The average molecular weight is 215 g/mol. The number of rotatable bonds is 4. The fourth-order valence-corrected chi connectivity index (χ4v) is 1.57. The van der Waals surface area contributed by atoms with Gasteiger partial charge < -0.3 is 15.4 Å². The van der Waals surface area contributed by atoms with Gasteiger partial charge in [0.15, 0.2) is 0 Å². The number of benzene rings is 1. The summed E-state index contributed by atoms with van der Waals surface area (Å²) in [6.45, 7) is 0. The predicted octanol–water partition coefficient (Wildman–Crippen LogP) is 1.79. The SMILES string of the molecule is CNC(NC)c1cc(Cl)ccc1OC. The van der Waals surface area contributed by atoms with Crippen LogP contribution in [-0.4, -0.2) is 21.2 Å². The Bertz CT molecular complexity index is 300. The maximum Gasteiger partial charge on any atom is 0.125 e. The molecule has 0 radical (unpaired) electrons. The van der Waals surface area contributed by atoms with Gasteiger partial charge in [-0.3, -0.25) is 0 Å². The van der Waals surface area contributed by atoms with Crippen LogP contribution in [0.2, 0.25) is 5.02 Å². The van der Waals surface area contributed by atoms with Crippen LogP contribution in [0.25, 0.3) is 0 Å². The summed E-state index contributed by atoms with van der Waals surface area (Å²) in [6, 6.07) is 5.56. The van der Waals surface area contributed by atoms with Gasteiger partial charge in [-0.05, 0) is 32.3 Å². The van der Waals surface area contributed by atoms with Crippen LogP contribution in [-0.2, 0) is 0 Å². The van der Waals surface area contributed by atoms with Crippen molar-refractivity contribution in [2.24, 2.45) is 0 Å². The van der Waals surface area contributed by atoms with Gasteiger partial charge in [-0.15, -0.1) is 0 Å². The van der Waals surface area contributed by atoms with Crippen LogP contribution in [0.15, 0.2) is 18.2 Å². The van der Waals surface area contributed by atoms with E-state index in [1.54, 1.807) is 7.11 Å². The van der Waals surface area contributed by atoms with Crippen molar-refractivity contribution in [2.75, 3.05) is 21.2 Å². The topological polar surface area (TPSA) is 33.3 Å². The predicted molar refractivity (Wildman–Crippen MR) is 58.9 cm³/mol. The Hall–Kier alpha value is -0.770. The highest BCUT2D eigenvalue weighted by Gasteiger charge is 2.12. The van der Waals surface area contributed by atoms with Crippen molar-refractivity contribution in [3.8, 4) is 5.75 Å². The largest absolute Gasteiger partial charge is 0.496 e. The summed E-state index contributed by atoms with van der Waals surface area (Å²) in [6.07, 6.45) is 0.0450. The Morgan fingerprint density at radius 3 is 2.43 bits per heavy atom. The van der Waals surface area contributed by atoms with Crippen LogP contribution in [0, 0.1) is 0 Å². The molecule has 1 rings (SSSR count). The molecule has 4 heteroatoms. The van der Waals surface area contributed by atoms with E-state index in [0.717, 1.165) is 11.3 Å². The second kappa shape index (κ2) is 5.20. The van der Waals surface area contributed by atoms with E-state index in [4.69, 9.17) is 16.3 Å². The Balaban J connectivity index is 3.08. The zero-order chi connectivity index (χ0) is 10.6. The lowest BCUT2D eigenvalue weighted by molar-refractivity contribution is 0.395. The highest BCUT2D eigenvalue weighted by molar-refractivity contribution is 6.30. The maximum atomic E-state index is 5.92. The fourth-order valence-electron chi connectivity index (χ4n) is 1.39. The molecular weight excluding hydrogens is 200 g/mol. The number of nitrogens with one attached hydrogen (secondary N) is 2. The van der Waals surface area contributed by atoms with Gasteiger partial charge in [-0.2, -0.15) is 0 Å². The summed E-state index contributed by atoms with van der Waals surface area (Å²) >= 11 is 5.92. The molecule has 0 spiro atoms. The lowest BCUT2D eigenvalue weighted by atomic mass is 10.1. The first-order chi connectivity index (χ1) is 6.72. The number of ether oxygens (including phenoxy) is 1. The van der Waals surface area contributed by atoms with Crippen LogP contribution in [0.3, 0.4) is 0 Å². The Morgan fingerprint density at radius 1 is 1.29 bits per heavy atom. The Kier molecular flexibility index (Phi) is 4.20. The molecule has 0 fully saturated rings. The first kappa shape index (κ1) is 11.3. The summed E-state index contributed by atoms with van der Waals surface area (Å²) in [4.78, 5) is 0. The van der Waals surface area contributed by atoms with E-state index in [1.165, 1.54) is 0 Å². The summed E-state index contributed by atoms with van der Waals surface area (Å²) in [7, 11) is 5.40. The van der Waals surface area contributed by atoms with Gasteiger partial charge in [0.05, 0.1) is 13.3 Å². The molecular formula is C10H15ClN2O. The third-order valence-corrected chi connectivity index (χ3v) is 2.32. The molecule has 78 valence electrons. The van der Waals surface area contributed by atoms with E-state index >= 15 is 0 Å². The number of halogens is 1. The third kappa shape index (κ3) is 2.38. The second-order valence-electron chi connectivity index (χ2n) is 2.90. The van der Waals surface area contributed by atoms with Crippen molar-refractivity contribution in [1.29, 1.82) is 0 Å². The fraction of sp³-hybridized carbons (Fsp3) is 0.400. The van der Waals surface area contributed by atoms with Gasteiger partial charge >= 0.3 is 0 Å². The molecule has 0 aliphatic heterocycles. The smallest absolute Gasteiger partial charge is 0.125 e. The maximum absolute atomic E-state index is 5.92. The van der Waals surface area contributed by atoms with Crippen molar-refractivity contribution < 1.29 is 4.74 Å². The normalized spacial score (nSPS) is 10.6. The van der Waals surface area contributed by atoms with Crippen LogP contribution in [0.5, 0.6) is 5.75 Å². The first-order valence-corrected chi connectivity index (χ1v) is 4.78. The van der Waals surface area contributed by atoms with Crippen LogP contribution < -0.4 is 15.4 Å². The van der Waals surface area contributed by atoms with E-state index in [9.17, 15) is 0 Å².